The van der Waals surface area contributed by atoms with Gasteiger partial charge in [0, 0.05) is 41.6 Å². The summed E-state index contributed by atoms with van der Waals surface area (Å²) in [6.07, 6.45) is 1.69. The Morgan fingerprint density at radius 2 is 1.81 bits per heavy atom. The van der Waals surface area contributed by atoms with Crippen molar-refractivity contribution in [3.05, 3.63) is 70.9 Å². The predicted octanol–water partition coefficient (Wildman–Crippen LogP) is 5.10. The summed E-state index contributed by atoms with van der Waals surface area (Å²) in [5, 5.41) is 1.01. The van der Waals surface area contributed by atoms with Crippen molar-refractivity contribution in [3.8, 4) is 0 Å². The zero-order chi connectivity index (χ0) is 18.4. The van der Waals surface area contributed by atoms with Crippen LogP contribution in [0.25, 0.3) is 10.9 Å². The van der Waals surface area contributed by atoms with Crippen LogP contribution in [0.1, 0.15) is 36.7 Å². The van der Waals surface area contributed by atoms with Crippen molar-refractivity contribution in [1.29, 1.82) is 0 Å². The maximum atomic E-state index is 13.9. The van der Waals surface area contributed by atoms with E-state index in [-0.39, 0.29) is 17.7 Å². The van der Waals surface area contributed by atoms with Gasteiger partial charge in [0.2, 0.25) is 0 Å². The number of rotatable bonds is 3. The van der Waals surface area contributed by atoms with Gasteiger partial charge in [0.1, 0.15) is 11.6 Å². The number of aromatic nitrogens is 1. The number of hydrogen-bond acceptors (Lipinski definition) is 1. The summed E-state index contributed by atoms with van der Waals surface area (Å²) in [4.78, 5) is 2.35. The maximum absolute atomic E-state index is 13.9. The predicted molar refractivity (Wildman–Crippen MR) is 101 cm³/mol. The lowest BCUT2D eigenvalue weighted by Gasteiger charge is -2.36. The van der Waals surface area contributed by atoms with E-state index in [4.69, 9.17) is 0 Å². The fourth-order valence-electron chi connectivity index (χ4n) is 4.29. The van der Waals surface area contributed by atoms with Crippen LogP contribution in [-0.4, -0.2) is 22.6 Å². The molecule has 0 N–H and O–H groups in total. The third-order valence-corrected chi connectivity index (χ3v) is 5.90. The third-order valence-electron chi connectivity index (χ3n) is 5.90. The fraction of sp³-hybridized carbons (Fsp3) is 0.364. The highest BCUT2D eigenvalue weighted by Gasteiger charge is 2.31. The molecule has 0 saturated carbocycles. The summed E-state index contributed by atoms with van der Waals surface area (Å²) >= 11 is 0. The molecule has 2 nitrogen and oxygen atoms in total. The smallest absolute Gasteiger partial charge is 0.123 e. The Hall–Kier alpha value is -2.20. The van der Waals surface area contributed by atoms with Crippen molar-refractivity contribution < 1.29 is 8.78 Å². The van der Waals surface area contributed by atoms with Gasteiger partial charge in [-0.05, 0) is 68.8 Å². The van der Waals surface area contributed by atoms with Gasteiger partial charge in [0.25, 0.3) is 0 Å². The Bertz CT molecular complexity index is 960. The second-order valence-electron chi connectivity index (χ2n) is 7.45. The third kappa shape index (κ3) is 2.82. The molecule has 1 aromatic heterocycles. The Morgan fingerprint density at radius 1 is 1.04 bits per heavy atom. The van der Waals surface area contributed by atoms with Crippen LogP contribution in [0.4, 0.5) is 8.78 Å². The molecule has 0 fully saturated rings. The van der Waals surface area contributed by atoms with Crippen molar-refractivity contribution >= 4 is 10.9 Å². The summed E-state index contributed by atoms with van der Waals surface area (Å²) in [5.41, 5.74) is 4.58. The van der Waals surface area contributed by atoms with E-state index in [1.807, 2.05) is 12.1 Å². The molecule has 0 amide bonds. The van der Waals surface area contributed by atoms with Crippen molar-refractivity contribution in [2.24, 2.45) is 0 Å². The molecule has 26 heavy (non-hydrogen) atoms. The minimum Gasteiger partial charge on any atom is -0.344 e. The van der Waals surface area contributed by atoms with Crippen LogP contribution < -0.4 is 0 Å². The topological polar surface area (TPSA) is 8.17 Å². The fourth-order valence-corrected chi connectivity index (χ4v) is 4.29. The number of nitrogens with zero attached hydrogens (tertiary/aromatic N) is 2. The molecule has 0 radical (unpaired) electrons. The molecule has 1 aliphatic rings. The molecule has 2 heterocycles. The van der Waals surface area contributed by atoms with Crippen LogP contribution in [0.2, 0.25) is 0 Å². The van der Waals surface area contributed by atoms with Crippen LogP contribution in [0.15, 0.2) is 42.5 Å². The average Bonchev–Trinajstić information content (AvgIpc) is 2.90. The molecule has 2 atom stereocenters. The van der Waals surface area contributed by atoms with Crippen LogP contribution in [0.5, 0.6) is 0 Å². The molecular formula is C22H24F2N2. The van der Waals surface area contributed by atoms with Gasteiger partial charge in [-0.2, -0.15) is 0 Å². The van der Waals surface area contributed by atoms with Crippen molar-refractivity contribution in [2.75, 3.05) is 7.05 Å². The lowest BCUT2D eigenvalue weighted by molar-refractivity contribution is 0.177. The molecule has 1 aliphatic heterocycles. The van der Waals surface area contributed by atoms with Gasteiger partial charge in [-0.25, -0.2) is 8.78 Å². The standard InChI is InChI=1S/C22H24F2N2/c1-14-11-21-22(15(2)25(14)3)19-13-18(24)7-8-20(19)26(21)10-9-16-5-4-6-17(23)12-16/h4-8,12-15H,9-11H2,1-3H3. The molecular weight excluding hydrogens is 330 g/mol. The van der Waals surface area contributed by atoms with E-state index >= 15 is 0 Å². The van der Waals surface area contributed by atoms with E-state index in [1.54, 1.807) is 18.2 Å². The molecule has 0 aliphatic carbocycles. The minimum atomic E-state index is -0.201. The lowest BCUT2D eigenvalue weighted by atomic mass is 9.93. The van der Waals surface area contributed by atoms with Crippen molar-refractivity contribution in [2.45, 2.75) is 45.3 Å². The number of aryl methyl sites for hydroxylation is 2. The van der Waals surface area contributed by atoms with E-state index in [2.05, 4.69) is 30.4 Å². The lowest BCUT2D eigenvalue weighted by Crippen LogP contribution is -2.38. The molecule has 0 bridgehead atoms. The summed E-state index contributed by atoms with van der Waals surface area (Å²) < 4.78 is 29.8. The molecule has 0 saturated heterocycles. The van der Waals surface area contributed by atoms with Gasteiger partial charge >= 0.3 is 0 Å². The highest BCUT2D eigenvalue weighted by molar-refractivity contribution is 5.86. The van der Waals surface area contributed by atoms with Gasteiger partial charge in [0.05, 0.1) is 0 Å². The second-order valence-corrected chi connectivity index (χ2v) is 7.45. The van der Waals surface area contributed by atoms with Crippen LogP contribution >= 0.6 is 0 Å². The highest BCUT2D eigenvalue weighted by Crippen LogP contribution is 2.39. The highest BCUT2D eigenvalue weighted by atomic mass is 19.1. The van der Waals surface area contributed by atoms with Crippen molar-refractivity contribution in [3.63, 3.8) is 0 Å². The second kappa shape index (κ2) is 6.51. The molecule has 4 rings (SSSR count). The zero-order valence-electron chi connectivity index (χ0n) is 15.5. The first-order valence-electron chi connectivity index (χ1n) is 9.22. The molecule has 3 aromatic rings. The largest absolute Gasteiger partial charge is 0.344 e. The van der Waals surface area contributed by atoms with E-state index < -0.39 is 0 Å². The Kier molecular flexibility index (Phi) is 4.31. The van der Waals surface area contributed by atoms with Crippen molar-refractivity contribution in [1.82, 2.24) is 9.47 Å². The first-order chi connectivity index (χ1) is 12.5. The molecule has 136 valence electrons. The van der Waals surface area contributed by atoms with Gasteiger partial charge < -0.3 is 4.57 Å². The Labute approximate surface area is 153 Å². The van der Waals surface area contributed by atoms with Crippen LogP contribution in [-0.2, 0) is 19.4 Å². The first kappa shape index (κ1) is 17.2. The van der Waals surface area contributed by atoms with E-state index in [1.165, 1.54) is 23.4 Å². The Balaban J connectivity index is 1.80. The molecule has 2 aromatic carbocycles. The quantitative estimate of drug-likeness (QED) is 0.635. The monoisotopic (exact) mass is 354 g/mol. The zero-order valence-corrected chi connectivity index (χ0v) is 15.5. The van der Waals surface area contributed by atoms with Gasteiger partial charge in [-0.15, -0.1) is 0 Å². The van der Waals surface area contributed by atoms with Gasteiger partial charge in [-0.3, -0.25) is 4.90 Å². The number of hydrogen-bond donors (Lipinski definition) is 0. The summed E-state index contributed by atoms with van der Waals surface area (Å²) in [5.74, 6) is -0.399. The van der Waals surface area contributed by atoms with Crippen LogP contribution in [0, 0.1) is 11.6 Å². The normalized spacial score (nSPS) is 20.5. The molecule has 4 heteroatoms. The number of likely N-dealkylation sites (N-methyl/N-ethyl adjacent to an activating group) is 1. The van der Waals surface area contributed by atoms with E-state index in [0.717, 1.165) is 35.9 Å². The minimum absolute atomic E-state index is 0.198. The maximum Gasteiger partial charge on any atom is 0.123 e. The summed E-state index contributed by atoms with van der Waals surface area (Å²) in [6, 6.07) is 12.5. The summed E-state index contributed by atoms with van der Waals surface area (Å²) in [7, 11) is 2.13. The first-order valence-corrected chi connectivity index (χ1v) is 9.22. The van der Waals surface area contributed by atoms with Crippen LogP contribution in [0.3, 0.4) is 0 Å². The van der Waals surface area contributed by atoms with E-state index in [0.29, 0.717) is 6.04 Å². The van der Waals surface area contributed by atoms with Gasteiger partial charge in [0.15, 0.2) is 0 Å². The average molecular weight is 354 g/mol. The number of halogens is 2. The SMILES string of the molecule is CC1Cc2c(c3cc(F)ccc3n2CCc2cccc(F)c2)C(C)N1C. The molecule has 0 spiro atoms. The number of benzene rings is 2. The Morgan fingerprint density at radius 3 is 2.58 bits per heavy atom. The van der Waals surface area contributed by atoms with Gasteiger partial charge in [-0.1, -0.05) is 12.1 Å². The molecule has 2 unspecified atom stereocenters. The number of fused-ring (bicyclic) bond motifs is 3. The van der Waals surface area contributed by atoms with E-state index in [9.17, 15) is 8.78 Å². The summed E-state index contributed by atoms with van der Waals surface area (Å²) in [6.45, 7) is 5.19.